The van der Waals surface area contributed by atoms with Crippen LogP contribution < -0.4 is 5.73 Å². The molecule has 1 aromatic carbocycles. The first kappa shape index (κ1) is 15.4. The third-order valence-electron chi connectivity index (χ3n) is 1.95. The van der Waals surface area contributed by atoms with Crippen LogP contribution in [0.25, 0.3) is 0 Å². The molecule has 0 amide bonds. The molecule has 0 aliphatic carbocycles. The molecule has 18 heavy (non-hydrogen) atoms. The molecule has 0 saturated carbocycles. The molecule has 1 aromatic rings. The largest absolute Gasteiger partial charge is 0.324 e. The molecule has 0 aromatic heterocycles. The van der Waals surface area contributed by atoms with Gasteiger partial charge in [-0.2, -0.15) is 0 Å². The molecule has 0 bridgehead atoms. The fourth-order valence-electron chi connectivity index (χ4n) is 1.13. The second-order valence-corrected chi connectivity index (χ2v) is 8.33. The number of carbonyl (C=O) groups is 1. The topological polar surface area (TPSA) is 111 Å². The highest BCUT2D eigenvalue weighted by Crippen LogP contribution is 2.24. The van der Waals surface area contributed by atoms with E-state index in [1.807, 2.05) is 0 Å². The molecule has 0 radical (unpaired) electrons. The molecule has 0 spiro atoms. The van der Waals surface area contributed by atoms with Crippen molar-refractivity contribution < 1.29 is 21.6 Å². The van der Waals surface area contributed by atoms with Gasteiger partial charge < -0.3 is 5.73 Å². The summed E-state index contributed by atoms with van der Waals surface area (Å²) in [6, 6.07) is 2.63. The summed E-state index contributed by atoms with van der Waals surface area (Å²) in [6.45, 7) is -0.409. The van der Waals surface area contributed by atoms with Crippen molar-refractivity contribution in [1.29, 1.82) is 0 Å². The molecule has 1 rings (SSSR count). The van der Waals surface area contributed by atoms with Gasteiger partial charge in [0.15, 0.2) is 5.78 Å². The fraction of sp³-hybridized carbons (Fsp3) is 0.125. The van der Waals surface area contributed by atoms with Crippen molar-refractivity contribution in [1.82, 2.24) is 0 Å². The number of hydrogen-bond acceptors (Lipinski definition) is 6. The van der Waals surface area contributed by atoms with Gasteiger partial charge in [0.1, 0.15) is 0 Å². The Morgan fingerprint density at radius 2 is 1.39 bits per heavy atom. The molecule has 0 heterocycles. The van der Waals surface area contributed by atoms with Crippen molar-refractivity contribution in [3.8, 4) is 0 Å². The number of nitrogens with two attached hydrogens (primary N) is 1. The van der Waals surface area contributed by atoms with Gasteiger partial charge in [-0.3, -0.25) is 4.79 Å². The van der Waals surface area contributed by atoms with Gasteiger partial charge in [-0.05, 0) is 18.2 Å². The quantitative estimate of drug-likeness (QED) is 0.641. The van der Waals surface area contributed by atoms with Crippen LogP contribution in [0, 0.1) is 0 Å². The number of carbonyl (C=O) groups excluding carboxylic acids is 1. The van der Waals surface area contributed by atoms with Gasteiger partial charge in [0.2, 0.25) is 0 Å². The van der Waals surface area contributed by atoms with Gasteiger partial charge >= 0.3 is 0 Å². The number of hydrogen-bond donors (Lipinski definition) is 1. The van der Waals surface area contributed by atoms with Crippen LogP contribution >= 0.6 is 21.4 Å². The summed E-state index contributed by atoms with van der Waals surface area (Å²) in [5.41, 5.74) is 4.91. The van der Waals surface area contributed by atoms with Crippen molar-refractivity contribution in [2.75, 3.05) is 6.54 Å². The van der Waals surface area contributed by atoms with Crippen LogP contribution in [0.4, 0.5) is 0 Å². The second-order valence-electron chi connectivity index (χ2n) is 3.20. The summed E-state index contributed by atoms with van der Waals surface area (Å²) >= 11 is 0. The monoisotopic (exact) mass is 331 g/mol. The maximum absolute atomic E-state index is 11.4. The zero-order valence-corrected chi connectivity index (χ0v) is 11.8. The van der Waals surface area contributed by atoms with E-state index in [1.165, 1.54) is 0 Å². The Labute approximate surface area is 113 Å². The Bertz CT molecular complexity index is 646. The minimum atomic E-state index is -4.19. The van der Waals surface area contributed by atoms with Crippen LogP contribution in [-0.4, -0.2) is 29.2 Å². The van der Waals surface area contributed by atoms with Crippen molar-refractivity contribution in [2.24, 2.45) is 5.73 Å². The fourth-order valence-corrected chi connectivity index (χ4v) is 2.81. The zero-order valence-electron chi connectivity index (χ0n) is 8.63. The van der Waals surface area contributed by atoms with Gasteiger partial charge in [-0.1, -0.05) is 0 Å². The summed E-state index contributed by atoms with van der Waals surface area (Å²) in [7, 11) is 1.80. The summed E-state index contributed by atoms with van der Waals surface area (Å²) in [4.78, 5) is 10.3. The third-order valence-corrected chi connectivity index (χ3v) is 4.62. The first-order valence-corrected chi connectivity index (χ1v) is 8.95. The molecule has 6 nitrogen and oxygen atoms in total. The van der Waals surface area contributed by atoms with E-state index in [0.29, 0.717) is 0 Å². The number of ketones is 1. The predicted molar refractivity (Wildman–Crippen MR) is 65.9 cm³/mol. The van der Waals surface area contributed by atoms with Gasteiger partial charge in [-0.25, -0.2) is 16.8 Å². The molecule has 0 aliphatic rings. The lowest BCUT2D eigenvalue weighted by Gasteiger charge is -2.04. The van der Waals surface area contributed by atoms with Crippen molar-refractivity contribution in [3.63, 3.8) is 0 Å². The van der Waals surface area contributed by atoms with Crippen molar-refractivity contribution >= 4 is 45.2 Å². The van der Waals surface area contributed by atoms with E-state index in [0.717, 1.165) is 18.2 Å². The maximum atomic E-state index is 11.4. The highest BCUT2D eigenvalue weighted by Gasteiger charge is 2.20. The van der Waals surface area contributed by atoms with E-state index in [-0.39, 0.29) is 5.56 Å². The lowest BCUT2D eigenvalue weighted by molar-refractivity contribution is 0.100. The molecule has 0 saturated heterocycles. The van der Waals surface area contributed by atoms with E-state index in [4.69, 9.17) is 27.1 Å². The Morgan fingerprint density at radius 3 is 1.67 bits per heavy atom. The summed E-state index contributed by atoms with van der Waals surface area (Å²) in [5.74, 6) is -0.640. The van der Waals surface area contributed by atoms with Gasteiger partial charge in [0.05, 0.1) is 16.3 Å². The second kappa shape index (κ2) is 5.14. The van der Waals surface area contributed by atoms with Gasteiger partial charge in [-0.15, -0.1) is 0 Å². The van der Waals surface area contributed by atoms with Gasteiger partial charge in [0.25, 0.3) is 18.1 Å². The smallest absolute Gasteiger partial charge is 0.261 e. The van der Waals surface area contributed by atoms with E-state index >= 15 is 0 Å². The number of halogens is 2. The summed E-state index contributed by atoms with van der Waals surface area (Å²) in [5, 5.41) is 0. The van der Waals surface area contributed by atoms with E-state index < -0.39 is 40.2 Å². The Morgan fingerprint density at radius 1 is 1.00 bits per heavy atom. The maximum Gasteiger partial charge on any atom is 0.261 e. The Hall–Kier alpha value is -0.670. The van der Waals surface area contributed by atoms with Gasteiger partial charge in [0, 0.05) is 26.9 Å². The molecule has 0 fully saturated rings. The van der Waals surface area contributed by atoms with E-state index in [2.05, 4.69) is 0 Å². The number of rotatable bonds is 4. The van der Waals surface area contributed by atoms with Crippen LogP contribution in [0.1, 0.15) is 10.4 Å². The van der Waals surface area contributed by atoms with Crippen LogP contribution in [0.3, 0.4) is 0 Å². The van der Waals surface area contributed by atoms with Crippen molar-refractivity contribution in [3.05, 3.63) is 23.8 Å². The summed E-state index contributed by atoms with van der Waals surface area (Å²) in [6.07, 6.45) is 0. The van der Waals surface area contributed by atoms with Crippen LogP contribution in [0.2, 0.25) is 0 Å². The lowest BCUT2D eigenvalue weighted by atomic mass is 10.1. The van der Waals surface area contributed by atoms with Crippen LogP contribution in [0.5, 0.6) is 0 Å². The average molecular weight is 332 g/mol. The van der Waals surface area contributed by atoms with Crippen LogP contribution in [0.15, 0.2) is 28.0 Å². The molecule has 100 valence electrons. The normalized spacial score (nSPS) is 12.4. The molecule has 0 unspecified atom stereocenters. The SMILES string of the molecule is NCC(=O)c1cc(S(=O)(=O)Cl)cc(S(=O)(=O)Cl)c1. The molecule has 0 aliphatic heterocycles. The number of benzene rings is 1. The standard InChI is InChI=1S/C8H7Cl2NO5S2/c9-17(13,14)6-1-5(8(12)4-11)2-7(3-6)18(10,15)16/h1-3H,4,11H2. The van der Waals surface area contributed by atoms with Crippen LogP contribution in [-0.2, 0) is 18.1 Å². The predicted octanol–water partition coefficient (Wildman–Crippen LogP) is 0.683. The molecule has 0 atom stereocenters. The average Bonchev–Trinajstić information content (AvgIpc) is 2.25. The minimum absolute atomic E-state index is 0.196. The van der Waals surface area contributed by atoms with E-state index in [9.17, 15) is 21.6 Å². The minimum Gasteiger partial charge on any atom is -0.324 e. The number of Topliss-reactive ketones (excluding diaryl/α,β-unsaturated/α-hetero) is 1. The lowest BCUT2D eigenvalue weighted by Crippen LogP contribution is -2.14. The third kappa shape index (κ3) is 3.66. The molecule has 10 heteroatoms. The first-order valence-electron chi connectivity index (χ1n) is 4.33. The highest BCUT2D eigenvalue weighted by molar-refractivity contribution is 8.14. The summed E-state index contributed by atoms with van der Waals surface area (Å²) < 4.78 is 44.6. The molecule has 2 N–H and O–H groups in total. The van der Waals surface area contributed by atoms with Crippen molar-refractivity contribution in [2.45, 2.75) is 9.79 Å². The Kier molecular flexibility index (Phi) is 4.39. The Balaban J connectivity index is 3.64. The zero-order chi connectivity index (χ0) is 14.1. The first-order chi connectivity index (χ1) is 8.05. The molecular weight excluding hydrogens is 325 g/mol. The highest BCUT2D eigenvalue weighted by atomic mass is 35.7. The van der Waals surface area contributed by atoms with E-state index in [1.54, 1.807) is 0 Å². The molecular formula is C8H7Cl2NO5S2.